The van der Waals surface area contributed by atoms with Crippen molar-refractivity contribution < 1.29 is 17.6 Å². The average Bonchev–Trinajstić information content (AvgIpc) is 2.91. The summed E-state index contributed by atoms with van der Waals surface area (Å²) in [5.41, 5.74) is 1.55. The van der Waals surface area contributed by atoms with Crippen LogP contribution in [0.25, 0.3) is 0 Å². The lowest BCUT2D eigenvalue weighted by Crippen LogP contribution is -2.21. The third kappa shape index (κ3) is 3.14. The van der Waals surface area contributed by atoms with Gasteiger partial charge in [-0.05, 0) is 30.7 Å². The highest BCUT2D eigenvalue weighted by molar-refractivity contribution is 7.88. The van der Waals surface area contributed by atoms with Gasteiger partial charge in [0.1, 0.15) is 0 Å². The molecule has 1 heterocycles. The van der Waals surface area contributed by atoms with Crippen LogP contribution in [0, 0.1) is 6.92 Å². The van der Waals surface area contributed by atoms with Crippen molar-refractivity contribution in [3.8, 4) is 0 Å². The Balaban J connectivity index is 2.23. The molecule has 0 unspecified atom stereocenters. The Labute approximate surface area is 123 Å². The zero-order valence-corrected chi connectivity index (χ0v) is 12.8. The van der Waals surface area contributed by atoms with E-state index in [1.165, 1.54) is 26.2 Å². The second-order valence-electron chi connectivity index (χ2n) is 4.68. The molecule has 0 aliphatic rings. The van der Waals surface area contributed by atoms with Gasteiger partial charge in [-0.2, -0.15) is 0 Å². The highest BCUT2D eigenvalue weighted by atomic mass is 32.2. The minimum absolute atomic E-state index is 0.0568. The second kappa shape index (κ2) is 5.71. The number of sulfonamides is 1. The van der Waals surface area contributed by atoms with E-state index in [1.54, 1.807) is 12.1 Å². The number of aryl methyl sites for hydroxylation is 1. The van der Waals surface area contributed by atoms with Crippen LogP contribution in [0.3, 0.4) is 0 Å². The summed E-state index contributed by atoms with van der Waals surface area (Å²) in [5.74, 6) is -0.553. The first-order valence-electron chi connectivity index (χ1n) is 6.21. The number of hydrogen-bond donors (Lipinski definition) is 1. The second-order valence-corrected chi connectivity index (χ2v) is 6.76. The van der Waals surface area contributed by atoms with E-state index in [-0.39, 0.29) is 10.9 Å². The molecule has 1 amide bonds. The fraction of sp³-hybridized carbons (Fsp3) is 0.214. The van der Waals surface area contributed by atoms with Crippen molar-refractivity contribution in [1.82, 2.24) is 4.31 Å². The molecule has 0 aliphatic carbocycles. The number of benzene rings is 1. The van der Waals surface area contributed by atoms with Crippen LogP contribution in [0.1, 0.15) is 16.1 Å². The number of para-hydroxylation sites is 1. The molecule has 1 N–H and O–H groups in total. The summed E-state index contributed by atoms with van der Waals surface area (Å²) in [4.78, 5) is 12.1. The van der Waals surface area contributed by atoms with Crippen molar-refractivity contribution in [2.75, 3.05) is 19.4 Å². The summed E-state index contributed by atoms with van der Waals surface area (Å²) >= 11 is 0. The van der Waals surface area contributed by atoms with E-state index in [1.807, 2.05) is 19.1 Å². The molecular formula is C14H16N2O4S. The molecule has 6 nitrogen and oxygen atoms in total. The van der Waals surface area contributed by atoms with Crippen LogP contribution < -0.4 is 5.32 Å². The number of nitrogens with zero attached hydrogens (tertiary/aromatic N) is 1. The molecule has 0 spiro atoms. The van der Waals surface area contributed by atoms with E-state index >= 15 is 0 Å². The van der Waals surface area contributed by atoms with Gasteiger partial charge in [0, 0.05) is 19.8 Å². The molecule has 21 heavy (non-hydrogen) atoms. The van der Waals surface area contributed by atoms with Gasteiger partial charge in [-0.25, -0.2) is 12.7 Å². The van der Waals surface area contributed by atoms with Crippen molar-refractivity contribution in [1.29, 1.82) is 0 Å². The van der Waals surface area contributed by atoms with E-state index in [0.29, 0.717) is 5.69 Å². The molecule has 0 saturated heterocycles. The third-order valence-electron chi connectivity index (χ3n) is 2.93. The summed E-state index contributed by atoms with van der Waals surface area (Å²) in [7, 11) is -0.896. The first-order chi connectivity index (χ1) is 9.82. The van der Waals surface area contributed by atoms with E-state index in [4.69, 9.17) is 4.42 Å². The highest BCUT2D eigenvalue weighted by Gasteiger charge is 2.23. The molecule has 0 fully saturated rings. The Morgan fingerprint density at radius 1 is 1.14 bits per heavy atom. The molecule has 1 aromatic heterocycles. The molecule has 7 heteroatoms. The normalized spacial score (nSPS) is 11.6. The Morgan fingerprint density at radius 3 is 2.43 bits per heavy atom. The SMILES string of the molecule is Cc1ccccc1NC(=O)c1ccc(S(=O)(=O)N(C)C)o1. The van der Waals surface area contributed by atoms with Crippen LogP contribution in [-0.4, -0.2) is 32.7 Å². The number of carbonyl (C=O) groups is 1. The van der Waals surface area contributed by atoms with Gasteiger partial charge in [0.2, 0.25) is 5.09 Å². The van der Waals surface area contributed by atoms with E-state index in [2.05, 4.69) is 5.32 Å². The lowest BCUT2D eigenvalue weighted by Gasteiger charge is -2.08. The zero-order valence-electron chi connectivity index (χ0n) is 12.0. The fourth-order valence-electron chi connectivity index (χ4n) is 1.66. The highest BCUT2D eigenvalue weighted by Crippen LogP contribution is 2.19. The topological polar surface area (TPSA) is 79.6 Å². The van der Waals surface area contributed by atoms with Crippen molar-refractivity contribution in [3.63, 3.8) is 0 Å². The van der Waals surface area contributed by atoms with Crippen LogP contribution >= 0.6 is 0 Å². The molecule has 0 atom stereocenters. The Bertz CT molecular complexity index is 763. The molecule has 0 aliphatic heterocycles. The summed E-state index contributed by atoms with van der Waals surface area (Å²) < 4.78 is 29.9. The summed E-state index contributed by atoms with van der Waals surface area (Å²) in [6.45, 7) is 1.86. The van der Waals surface area contributed by atoms with E-state index in [0.717, 1.165) is 9.87 Å². The smallest absolute Gasteiger partial charge is 0.291 e. The quantitative estimate of drug-likeness (QED) is 0.938. The van der Waals surface area contributed by atoms with Crippen LogP contribution in [0.2, 0.25) is 0 Å². The first-order valence-corrected chi connectivity index (χ1v) is 7.65. The molecule has 2 aromatic rings. The van der Waals surface area contributed by atoms with Crippen molar-refractivity contribution in [2.45, 2.75) is 12.0 Å². The molecule has 1 aromatic carbocycles. The number of nitrogens with one attached hydrogen (secondary N) is 1. The number of carbonyl (C=O) groups excluding carboxylic acids is 1. The summed E-state index contributed by atoms with van der Waals surface area (Å²) in [6.07, 6.45) is 0. The van der Waals surface area contributed by atoms with Crippen LogP contribution in [0.15, 0.2) is 45.9 Å². The molecule has 0 saturated carbocycles. The van der Waals surface area contributed by atoms with Crippen molar-refractivity contribution in [3.05, 3.63) is 47.7 Å². The maximum Gasteiger partial charge on any atom is 0.291 e. The monoisotopic (exact) mass is 308 g/mol. The lowest BCUT2D eigenvalue weighted by molar-refractivity contribution is 0.0991. The number of rotatable bonds is 4. The van der Waals surface area contributed by atoms with Crippen LogP contribution in [0.4, 0.5) is 5.69 Å². The van der Waals surface area contributed by atoms with Gasteiger partial charge in [-0.1, -0.05) is 18.2 Å². The molecular weight excluding hydrogens is 292 g/mol. The molecule has 2 rings (SSSR count). The van der Waals surface area contributed by atoms with Crippen molar-refractivity contribution in [2.24, 2.45) is 0 Å². The number of amides is 1. The Kier molecular flexibility index (Phi) is 4.15. The maximum atomic E-state index is 12.1. The maximum absolute atomic E-state index is 12.1. The summed E-state index contributed by atoms with van der Waals surface area (Å²) in [6, 6.07) is 9.88. The molecule has 0 radical (unpaired) electrons. The van der Waals surface area contributed by atoms with Gasteiger partial charge in [0.15, 0.2) is 5.76 Å². The minimum Gasteiger partial charge on any atom is -0.438 e. The van der Waals surface area contributed by atoms with Crippen LogP contribution in [-0.2, 0) is 10.0 Å². The van der Waals surface area contributed by atoms with Gasteiger partial charge >= 0.3 is 0 Å². The minimum atomic E-state index is -3.68. The fourth-order valence-corrected chi connectivity index (χ4v) is 2.45. The average molecular weight is 308 g/mol. The number of anilines is 1. The predicted molar refractivity (Wildman–Crippen MR) is 78.7 cm³/mol. The van der Waals surface area contributed by atoms with E-state index < -0.39 is 15.9 Å². The zero-order chi connectivity index (χ0) is 15.6. The Morgan fingerprint density at radius 2 is 1.81 bits per heavy atom. The number of hydrogen-bond acceptors (Lipinski definition) is 4. The lowest BCUT2D eigenvalue weighted by atomic mass is 10.2. The van der Waals surface area contributed by atoms with E-state index in [9.17, 15) is 13.2 Å². The van der Waals surface area contributed by atoms with Gasteiger partial charge in [0.05, 0.1) is 0 Å². The molecule has 112 valence electrons. The first kappa shape index (κ1) is 15.3. The molecule has 0 bridgehead atoms. The number of furan rings is 1. The van der Waals surface area contributed by atoms with Crippen LogP contribution in [0.5, 0.6) is 0 Å². The standard InChI is InChI=1S/C14H16N2O4S/c1-10-6-4-5-7-11(10)15-14(17)12-8-9-13(20-12)21(18,19)16(2)3/h4-9H,1-3H3,(H,15,17). The largest absolute Gasteiger partial charge is 0.438 e. The van der Waals surface area contributed by atoms with Gasteiger partial charge in [0.25, 0.3) is 15.9 Å². The summed E-state index contributed by atoms with van der Waals surface area (Å²) in [5, 5.41) is 2.42. The van der Waals surface area contributed by atoms with Gasteiger partial charge in [-0.15, -0.1) is 0 Å². The van der Waals surface area contributed by atoms with Gasteiger partial charge in [-0.3, -0.25) is 4.79 Å². The van der Waals surface area contributed by atoms with Gasteiger partial charge < -0.3 is 9.73 Å². The predicted octanol–water partition coefficient (Wildman–Crippen LogP) is 2.09. The third-order valence-corrected chi connectivity index (χ3v) is 4.62. The van der Waals surface area contributed by atoms with Crippen molar-refractivity contribution >= 4 is 21.6 Å². The Hall–Kier alpha value is -2.12.